The maximum atomic E-state index is 3.11. The Morgan fingerprint density at radius 2 is 1.00 bits per heavy atom. The van der Waals surface area contributed by atoms with Crippen molar-refractivity contribution in [2.24, 2.45) is 0 Å². The van der Waals surface area contributed by atoms with E-state index in [1.54, 1.807) is 12.2 Å². The van der Waals surface area contributed by atoms with Crippen molar-refractivity contribution >= 4 is 0 Å². The highest BCUT2D eigenvalue weighted by Crippen LogP contribution is 1.98. The Morgan fingerprint density at radius 3 is 1.40 bits per heavy atom. The number of hydrogen-bond donors (Lipinski definition) is 0. The summed E-state index contributed by atoms with van der Waals surface area (Å²) in [6.45, 7) is 0. The van der Waals surface area contributed by atoms with Gasteiger partial charge < -0.3 is 0 Å². The third-order valence-electron chi connectivity index (χ3n) is 2.72. The third-order valence-corrected chi connectivity index (χ3v) is 2.72. The van der Waals surface area contributed by atoms with Crippen molar-refractivity contribution in [3.8, 4) is 23.7 Å². The first-order valence-electron chi connectivity index (χ1n) is 6.65. The average molecular weight is 256 g/mol. The van der Waals surface area contributed by atoms with E-state index >= 15 is 0 Å². The molecule has 20 heavy (non-hydrogen) atoms. The zero-order valence-electron chi connectivity index (χ0n) is 11.3. The van der Waals surface area contributed by atoms with Crippen LogP contribution in [0.2, 0.25) is 0 Å². The summed E-state index contributed by atoms with van der Waals surface area (Å²) in [5, 5.41) is 0. The molecule has 2 aromatic carbocycles. The van der Waals surface area contributed by atoms with Crippen molar-refractivity contribution in [3.63, 3.8) is 0 Å². The van der Waals surface area contributed by atoms with Crippen LogP contribution in [0.25, 0.3) is 0 Å². The molecule has 0 saturated carbocycles. The number of allylic oxidation sites excluding steroid dienone is 2. The van der Waals surface area contributed by atoms with E-state index in [0.717, 1.165) is 12.8 Å². The number of hydrogen-bond acceptors (Lipinski definition) is 0. The Kier molecular flexibility index (Phi) is 5.77. The van der Waals surface area contributed by atoms with Gasteiger partial charge in [0.2, 0.25) is 0 Å². The standard InChI is InChI=1S/C20H16/c1(3-7-13-19-15-9-5-10-16-19)2-4-8-14-20-17-11-6-12-18-20/h1-2,5-6,9-12,15-18H,13-14H2/b2-1-. The molecule has 0 spiro atoms. The largest absolute Gasteiger partial charge is 0.0937 e. The predicted molar refractivity (Wildman–Crippen MR) is 85.0 cm³/mol. The van der Waals surface area contributed by atoms with Crippen LogP contribution in [0, 0.1) is 23.7 Å². The van der Waals surface area contributed by atoms with E-state index in [9.17, 15) is 0 Å². The van der Waals surface area contributed by atoms with Crippen LogP contribution in [0.4, 0.5) is 0 Å². The maximum absolute atomic E-state index is 3.11. The van der Waals surface area contributed by atoms with Crippen molar-refractivity contribution in [1.29, 1.82) is 0 Å². The summed E-state index contributed by atoms with van der Waals surface area (Å²) >= 11 is 0. The van der Waals surface area contributed by atoms with E-state index in [1.165, 1.54) is 11.1 Å². The molecule has 0 unspecified atom stereocenters. The number of rotatable bonds is 2. The molecule has 96 valence electrons. The van der Waals surface area contributed by atoms with Gasteiger partial charge in [-0.2, -0.15) is 0 Å². The van der Waals surface area contributed by atoms with E-state index in [-0.39, 0.29) is 0 Å². The lowest BCUT2D eigenvalue weighted by Gasteiger charge is -1.90. The topological polar surface area (TPSA) is 0 Å². The fraction of sp³-hybridized carbons (Fsp3) is 0.100. The van der Waals surface area contributed by atoms with Gasteiger partial charge in [0, 0.05) is 12.8 Å². The summed E-state index contributed by atoms with van der Waals surface area (Å²) in [7, 11) is 0. The Hall–Kier alpha value is -2.70. The molecule has 0 amide bonds. The molecular weight excluding hydrogens is 240 g/mol. The van der Waals surface area contributed by atoms with Gasteiger partial charge in [-0.25, -0.2) is 0 Å². The molecule has 0 atom stereocenters. The zero-order chi connectivity index (χ0) is 13.9. The summed E-state index contributed by atoms with van der Waals surface area (Å²) in [5.74, 6) is 12.2. The van der Waals surface area contributed by atoms with Gasteiger partial charge in [0.05, 0.1) is 0 Å². The SMILES string of the molecule is C(#CCc1ccccc1)/C=C\C#CCc1ccccc1. The first kappa shape index (κ1) is 13.7. The molecule has 0 fully saturated rings. The Labute approximate surface area is 121 Å². The van der Waals surface area contributed by atoms with Crippen molar-refractivity contribution in [2.45, 2.75) is 12.8 Å². The molecular formula is C20H16. The van der Waals surface area contributed by atoms with Gasteiger partial charge in [-0.1, -0.05) is 84.3 Å². The zero-order valence-corrected chi connectivity index (χ0v) is 11.3. The second-order valence-electron chi connectivity index (χ2n) is 4.30. The Balaban J connectivity index is 1.75. The molecule has 0 saturated heterocycles. The molecule has 0 N–H and O–H groups in total. The van der Waals surface area contributed by atoms with E-state index in [1.807, 2.05) is 36.4 Å². The van der Waals surface area contributed by atoms with Gasteiger partial charge in [-0.3, -0.25) is 0 Å². The highest BCUT2D eigenvalue weighted by molar-refractivity contribution is 5.29. The minimum atomic E-state index is 0.780. The van der Waals surface area contributed by atoms with Crippen molar-refractivity contribution in [3.05, 3.63) is 83.9 Å². The summed E-state index contributed by atoms with van der Waals surface area (Å²) in [5.41, 5.74) is 2.48. The van der Waals surface area contributed by atoms with Crippen LogP contribution in [0.3, 0.4) is 0 Å². The minimum absolute atomic E-state index is 0.780. The molecule has 0 nitrogen and oxygen atoms in total. The molecule has 0 bridgehead atoms. The molecule has 2 rings (SSSR count). The van der Waals surface area contributed by atoms with Gasteiger partial charge in [0.25, 0.3) is 0 Å². The summed E-state index contributed by atoms with van der Waals surface area (Å²) < 4.78 is 0. The minimum Gasteiger partial charge on any atom is -0.0937 e. The van der Waals surface area contributed by atoms with Crippen LogP contribution in [-0.4, -0.2) is 0 Å². The first-order valence-corrected chi connectivity index (χ1v) is 6.65. The van der Waals surface area contributed by atoms with Gasteiger partial charge in [-0.05, 0) is 23.3 Å². The van der Waals surface area contributed by atoms with Crippen LogP contribution < -0.4 is 0 Å². The summed E-state index contributed by atoms with van der Waals surface area (Å²) in [6, 6.07) is 20.5. The van der Waals surface area contributed by atoms with E-state index < -0.39 is 0 Å². The molecule has 2 aromatic rings. The molecule has 0 aromatic heterocycles. The lowest BCUT2D eigenvalue weighted by Crippen LogP contribution is -1.78. The smallest absolute Gasteiger partial charge is 0.0343 e. The fourth-order valence-corrected chi connectivity index (χ4v) is 1.70. The van der Waals surface area contributed by atoms with Crippen LogP contribution in [0.5, 0.6) is 0 Å². The molecule has 0 aliphatic carbocycles. The second kappa shape index (κ2) is 8.41. The molecule has 0 aliphatic heterocycles. The summed E-state index contributed by atoms with van der Waals surface area (Å²) in [4.78, 5) is 0. The lowest BCUT2D eigenvalue weighted by atomic mass is 10.1. The third kappa shape index (κ3) is 5.30. The fourth-order valence-electron chi connectivity index (χ4n) is 1.70. The molecule has 0 radical (unpaired) electrons. The Morgan fingerprint density at radius 1 is 0.600 bits per heavy atom. The van der Waals surface area contributed by atoms with Crippen molar-refractivity contribution in [2.75, 3.05) is 0 Å². The normalized spacial score (nSPS) is 9.40. The van der Waals surface area contributed by atoms with Gasteiger partial charge >= 0.3 is 0 Å². The highest BCUT2D eigenvalue weighted by Gasteiger charge is 1.84. The highest BCUT2D eigenvalue weighted by atomic mass is 13.9. The van der Waals surface area contributed by atoms with E-state index in [4.69, 9.17) is 0 Å². The van der Waals surface area contributed by atoms with Gasteiger partial charge in [0.1, 0.15) is 0 Å². The quantitative estimate of drug-likeness (QED) is 0.711. The monoisotopic (exact) mass is 256 g/mol. The lowest BCUT2D eigenvalue weighted by molar-refractivity contribution is 1.32. The Bertz CT molecular complexity index is 594. The van der Waals surface area contributed by atoms with Crippen LogP contribution in [0.1, 0.15) is 11.1 Å². The van der Waals surface area contributed by atoms with Gasteiger partial charge in [-0.15, -0.1) is 0 Å². The van der Waals surface area contributed by atoms with Gasteiger partial charge in [0.15, 0.2) is 0 Å². The van der Waals surface area contributed by atoms with E-state index in [0.29, 0.717) is 0 Å². The molecule has 0 heteroatoms. The first-order chi connectivity index (χ1) is 9.95. The number of benzene rings is 2. The van der Waals surface area contributed by atoms with E-state index in [2.05, 4.69) is 47.9 Å². The van der Waals surface area contributed by atoms with Crippen LogP contribution in [-0.2, 0) is 12.8 Å². The van der Waals surface area contributed by atoms with Crippen molar-refractivity contribution < 1.29 is 0 Å². The second-order valence-corrected chi connectivity index (χ2v) is 4.30. The maximum Gasteiger partial charge on any atom is 0.0343 e. The van der Waals surface area contributed by atoms with Crippen molar-refractivity contribution in [1.82, 2.24) is 0 Å². The molecule has 0 aliphatic rings. The van der Waals surface area contributed by atoms with Crippen LogP contribution in [0.15, 0.2) is 72.8 Å². The molecule has 0 heterocycles. The van der Waals surface area contributed by atoms with Crippen LogP contribution >= 0.6 is 0 Å². The average Bonchev–Trinajstić information content (AvgIpc) is 2.52. The summed E-state index contributed by atoms with van der Waals surface area (Å²) in [6.07, 6.45) is 5.17. The predicted octanol–water partition coefficient (Wildman–Crippen LogP) is 4.03.